The molecule has 5 heteroatoms. The molecule has 0 aliphatic carbocycles. The summed E-state index contributed by atoms with van der Waals surface area (Å²) in [6.45, 7) is 14.5. The number of aromatic nitrogens is 3. The molecule has 0 radical (unpaired) electrons. The maximum atomic E-state index is 5.19. The van der Waals surface area contributed by atoms with Gasteiger partial charge in [0.2, 0.25) is 0 Å². The van der Waals surface area contributed by atoms with E-state index in [2.05, 4.69) is 173 Å². The van der Waals surface area contributed by atoms with Gasteiger partial charge in [0, 0.05) is 16.7 Å². The molecule has 0 N–H and O–H groups in total. The first kappa shape index (κ1) is 33.3. The molecule has 7 aromatic rings. The van der Waals surface area contributed by atoms with Crippen molar-refractivity contribution in [1.29, 1.82) is 0 Å². The number of rotatable bonds is 8. The minimum absolute atomic E-state index is 0.677. The van der Waals surface area contributed by atoms with E-state index in [1.807, 2.05) is 18.2 Å². The van der Waals surface area contributed by atoms with Crippen molar-refractivity contribution in [2.45, 2.75) is 39.3 Å². The molecule has 6 aromatic carbocycles. The Morgan fingerprint density at radius 1 is 0.280 bits per heavy atom. The SMILES string of the molecule is C[Si](C)(C)c1cc(-c2nc(-c3ccccc3)nc(-c3cccc(-c4cccc(-c5ccc(-c6ccccc6)cc5)c4)c3)n2)cc([Si](C)(C)C)c1. The number of hydrogen-bond acceptors (Lipinski definition) is 3. The van der Waals surface area contributed by atoms with Crippen molar-refractivity contribution in [3.8, 4) is 67.5 Å². The van der Waals surface area contributed by atoms with Crippen LogP contribution in [0.25, 0.3) is 67.5 Å². The summed E-state index contributed by atoms with van der Waals surface area (Å²) in [5.41, 5.74) is 10.1. The van der Waals surface area contributed by atoms with E-state index in [4.69, 9.17) is 15.0 Å². The quantitative estimate of drug-likeness (QED) is 0.150. The zero-order valence-electron chi connectivity index (χ0n) is 29.8. The van der Waals surface area contributed by atoms with E-state index in [0.29, 0.717) is 11.6 Å². The van der Waals surface area contributed by atoms with E-state index >= 15 is 0 Å². The summed E-state index contributed by atoms with van der Waals surface area (Å²) in [6, 6.07) is 54.0. The molecule has 7 rings (SSSR count). The Hall–Kier alpha value is -5.24. The van der Waals surface area contributed by atoms with Gasteiger partial charge in [0.15, 0.2) is 17.5 Å². The van der Waals surface area contributed by atoms with E-state index in [9.17, 15) is 0 Å². The average molecular weight is 682 g/mol. The van der Waals surface area contributed by atoms with Gasteiger partial charge in [-0.1, -0.05) is 189 Å². The molecule has 0 amide bonds. The normalized spacial score (nSPS) is 11.8. The van der Waals surface area contributed by atoms with Crippen molar-refractivity contribution >= 4 is 26.5 Å². The van der Waals surface area contributed by atoms with E-state index < -0.39 is 16.1 Å². The van der Waals surface area contributed by atoms with Gasteiger partial charge in [0.1, 0.15) is 0 Å². The molecule has 246 valence electrons. The molecule has 50 heavy (non-hydrogen) atoms. The van der Waals surface area contributed by atoms with Crippen LogP contribution in [0.15, 0.2) is 152 Å². The van der Waals surface area contributed by atoms with Gasteiger partial charge in [-0.15, -0.1) is 0 Å². The van der Waals surface area contributed by atoms with Crippen molar-refractivity contribution in [2.75, 3.05) is 0 Å². The predicted molar refractivity (Wildman–Crippen MR) is 218 cm³/mol. The predicted octanol–water partition coefficient (Wildman–Crippen LogP) is 11.0. The Kier molecular flexibility index (Phi) is 9.04. The van der Waals surface area contributed by atoms with Crippen LogP contribution in [-0.4, -0.2) is 31.1 Å². The first-order chi connectivity index (χ1) is 24.0. The maximum absolute atomic E-state index is 5.19. The lowest BCUT2D eigenvalue weighted by Gasteiger charge is -2.24. The van der Waals surface area contributed by atoms with Gasteiger partial charge >= 0.3 is 0 Å². The smallest absolute Gasteiger partial charge is 0.164 e. The number of nitrogens with zero attached hydrogens (tertiary/aromatic N) is 3. The zero-order chi connectivity index (χ0) is 34.9. The van der Waals surface area contributed by atoms with Crippen LogP contribution in [0.5, 0.6) is 0 Å². The fourth-order valence-electron chi connectivity index (χ4n) is 6.18. The number of benzene rings is 6. The van der Waals surface area contributed by atoms with Crippen molar-refractivity contribution in [3.63, 3.8) is 0 Å². The van der Waals surface area contributed by atoms with Crippen LogP contribution >= 0.6 is 0 Å². The van der Waals surface area contributed by atoms with E-state index in [1.54, 1.807) is 0 Å². The highest BCUT2D eigenvalue weighted by atomic mass is 28.3. The lowest BCUT2D eigenvalue weighted by molar-refractivity contribution is 1.07. The molecule has 0 saturated heterocycles. The fraction of sp³-hybridized carbons (Fsp3) is 0.133. The summed E-state index contributed by atoms with van der Waals surface area (Å²) in [5.74, 6) is 2.08. The maximum Gasteiger partial charge on any atom is 0.164 e. The van der Waals surface area contributed by atoms with Crippen LogP contribution in [0.3, 0.4) is 0 Å². The zero-order valence-corrected chi connectivity index (χ0v) is 31.8. The second kappa shape index (κ2) is 13.6. The molecule has 3 nitrogen and oxygen atoms in total. The third-order valence-corrected chi connectivity index (χ3v) is 13.3. The van der Waals surface area contributed by atoms with Gasteiger partial charge < -0.3 is 0 Å². The van der Waals surface area contributed by atoms with Crippen LogP contribution in [0.1, 0.15) is 0 Å². The molecule has 0 fully saturated rings. The van der Waals surface area contributed by atoms with Gasteiger partial charge in [-0.25, -0.2) is 15.0 Å². The fourth-order valence-corrected chi connectivity index (χ4v) is 8.67. The summed E-state index contributed by atoms with van der Waals surface area (Å²) in [7, 11) is -3.21. The first-order valence-corrected chi connectivity index (χ1v) is 24.4. The van der Waals surface area contributed by atoms with E-state index in [1.165, 1.54) is 32.6 Å². The van der Waals surface area contributed by atoms with Gasteiger partial charge in [-0.2, -0.15) is 0 Å². The van der Waals surface area contributed by atoms with Crippen molar-refractivity contribution in [1.82, 2.24) is 15.0 Å². The van der Waals surface area contributed by atoms with Gasteiger partial charge in [-0.05, 0) is 45.5 Å². The Labute approximate surface area is 298 Å². The minimum Gasteiger partial charge on any atom is -0.208 e. The highest BCUT2D eigenvalue weighted by Crippen LogP contribution is 2.31. The van der Waals surface area contributed by atoms with E-state index in [-0.39, 0.29) is 0 Å². The summed E-state index contributed by atoms with van der Waals surface area (Å²) in [4.78, 5) is 15.4. The standard InChI is InChI=1S/C45H43N3Si2/c1-49(2,3)41-29-40(30-42(31-41)50(4,5)6)45-47-43(35-17-11-8-12-18-35)46-44(48-45)39-22-14-21-38(28-39)37-20-13-19-36(27-37)34-25-23-33(24-26-34)32-15-9-7-10-16-32/h7-31H,1-6H3. The van der Waals surface area contributed by atoms with Crippen molar-refractivity contribution < 1.29 is 0 Å². The molecular formula is C45H43N3Si2. The highest BCUT2D eigenvalue weighted by molar-refractivity contribution is 6.91. The summed E-state index contributed by atoms with van der Waals surface area (Å²) in [6.07, 6.45) is 0. The highest BCUT2D eigenvalue weighted by Gasteiger charge is 2.24. The van der Waals surface area contributed by atoms with Crippen LogP contribution in [0, 0.1) is 0 Å². The van der Waals surface area contributed by atoms with Gasteiger partial charge in [-0.3, -0.25) is 0 Å². The number of hydrogen-bond donors (Lipinski definition) is 0. The molecule has 0 saturated carbocycles. The van der Waals surface area contributed by atoms with Crippen LogP contribution in [0.2, 0.25) is 39.3 Å². The second-order valence-electron chi connectivity index (χ2n) is 15.1. The van der Waals surface area contributed by atoms with Crippen molar-refractivity contribution in [2.24, 2.45) is 0 Å². The molecule has 1 heterocycles. The third kappa shape index (κ3) is 7.35. The first-order valence-electron chi connectivity index (χ1n) is 17.4. The Bertz CT molecular complexity index is 2240. The van der Waals surface area contributed by atoms with Crippen LogP contribution in [0.4, 0.5) is 0 Å². The molecule has 0 unspecified atom stereocenters. The summed E-state index contributed by atoms with van der Waals surface area (Å²) in [5, 5.41) is 2.87. The third-order valence-electron chi connectivity index (χ3n) is 9.23. The molecule has 0 aliphatic heterocycles. The lowest BCUT2D eigenvalue weighted by atomic mass is 9.96. The van der Waals surface area contributed by atoms with Gasteiger partial charge in [0.05, 0.1) is 16.1 Å². The van der Waals surface area contributed by atoms with Crippen molar-refractivity contribution in [3.05, 3.63) is 152 Å². The minimum atomic E-state index is -1.60. The average Bonchev–Trinajstić information content (AvgIpc) is 3.14. The molecule has 0 bridgehead atoms. The summed E-state index contributed by atoms with van der Waals surface area (Å²) < 4.78 is 0. The molecule has 1 aromatic heterocycles. The van der Waals surface area contributed by atoms with Crippen LogP contribution in [-0.2, 0) is 0 Å². The summed E-state index contributed by atoms with van der Waals surface area (Å²) >= 11 is 0. The van der Waals surface area contributed by atoms with E-state index in [0.717, 1.165) is 33.6 Å². The molecule has 0 spiro atoms. The molecule has 0 atom stereocenters. The molecule has 0 aliphatic rings. The Balaban J connectivity index is 1.30. The largest absolute Gasteiger partial charge is 0.208 e. The topological polar surface area (TPSA) is 38.7 Å². The Morgan fingerprint density at radius 2 is 0.620 bits per heavy atom. The van der Waals surface area contributed by atoms with Crippen LogP contribution < -0.4 is 10.4 Å². The Morgan fingerprint density at radius 3 is 1.12 bits per heavy atom. The molecular weight excluding hydrogens is 639 g/mol. The monoisotopic (exact) mass is 681 g/mol. The second-order valence-corrected chi connectivity index (χ2v) is 25.2. The lowest BCUT2D eigenvalue weighted by Crippen LogP contribution is -2.45. The van der Waals surface area contributed by atoms with Gasteiger partial charge in [0.25, 0.3) is 0 Å².